The van der Waals surface area contributed by atoms with Crippen molar-refractivity contribution in [1.29, 1.82) is 0 Å². The standard InChI is InChI=1S/C22H26N4O5S2/c1-14(27)23-16-4-6-18(7-5-16)33(30,31)26-12-10-17(11-13-26)24-22(29)19-8-9-20(32-19)25-21(28)15-2-3-15/h4-9,15,17H,2-3,10-13H2,1H3,(H,23,27)(H,24,29)(H,25,28). The first-order valence-electron chi connectivity index (χ1n) is 10.8. The van der Waals surface area contributed by atoms with Gasteiger partial charge in [0, 0.05) is 37.7 Å². The molecule has 11 heteroatoms. The van der Waals surface area contributed by atoms with Crippen LogP contribution in [-0.4, -0.2) is 49.6 Å². The number of nitrogens with zero attached hydrogens (tertiary/aromatic N) is 1. The molecule has 0 atom stereocenters. The summed E-state index contributed by atoms with van der Waals surface area (Å²) in [6.07, 6.45) is 2.85. The number of anilines is 2. The maximum Gasteiger partial charge on any atom is 0.261 e. The minimum Gasteiger partial charge on any atom is -0.349 e. The number of nitrogens with one attached hydrogen (secondary N) is 3. The number of carbonyl (C=O) groups excluding carboxylic acids is 3. The fourth-order valence-corrected chi connectivity index (χ4v) is 5.94. The summed E-state index contributed by atoms with van der Waals surface area (Å²) in [7, 11) is -3.65. The SMILES string of the molecule is CC(=O)Nc1ccc(S(=O)(=O)N2CCC(NC(=O)c3ccc(NC(=O)C4CC4)s3)CC2)cc1. The molecule has 0 spiro atoms. The first-order chi connectivity index (χ1) is 15.7. The highest BCUT2D eigenvalue weighted by atomic mass is 32.2. The summed E-state index contributed by atoms with van der Waals surface area (Å²) in [5.74, 6) is -0.346. The van der Waals surface area contributed by atoms with Crippen molar-refractivity contribution in [3.05, 3.63) is 41.3 Å². The molecule has 1 aliphatic carbocycles. The predicted molar refractivity (Wildman–Crippen MR) is 126 cm³/mol. The van der Waals surface area contributed by atoms with Crippen LogP contribution in [0.25, 0.3) is 0 Å². The van der Waals surface area contributed by atoms with Gasteiger partial charge in [0.15, 0.2) is 0 Å². The largest absolute Gasteiger partial charge is 0.349 e. The van der Waals surface area contributed by atoms with E-state index in [1.54, 1.807) is 24.3 Å². The van der Waals surface area contributed by atoms with Crippen LogP contribution >= 0.6 is 11.3 Å². The van der Waals surface area contributed by atoms with E-state index in [-0.39, 0.29) is 34.6 Å². The van der Waals surface area contributed by atoms with Crippen molar-refractivity contribution in [3.63, 3.8) is 0 Å². The Morgan fingerprint density at radius 1 is 0.939 bits per heavy atom. The lowest BCUT2D eigenvalue weighted by molar-refractivity contribution is -0.117. The van der Waals surface area contributed by atoms with Crippen LogP contribution in [0.5, 0.6) is 0 Å². The Kier molecular flexibility index (Phi) is 6.82. The molecule has 3 N–H and O–H groups in total. The van der Waals surface area contributed by atoms with E-state index in [1.807, 2.05) is 0 Å². The van der Waals surface area contributed by atoms with E-state index in [2.05, 4.69) is 16.0 Å². The van der Waals surface area contributed by atoms with Crippen LogP contribution in [0.2, 0.25) is 0 Å². The third-order valence-electron chi connectivity index (χ3n) is 5.63. The Morgan fingerprint density at radius 2 is 1.61 bits per heavy atom. The van der Waals surface area contributed by atoms with Crippen molar-refractivity contribution in [3.8, 4) is 0 Å². The van der Waals surface area contributed by atoms with Crippen LogP contribution in [0.1, 0.15) is 42.3 Å². The Hall–Kier alpha value is -2.76. The molecule has 4 rings (SSSR count). The summed E-state index contributed by atoms with van der Waals surface area (Å²) >= 11 is 1.23. The molecule has 2 heterocycles. The van der Waals surface area contributed by atoms with E-state index in [4.69, 9.17) is 0 Å². The second kappa shape index (κ2) is 9.62. The fraction of sp³-hybridized carbons (Fsp3) is 0.409. The van der Waals surface area contributed by atoms with Gasteiger partial charge in [-0.05, 0) is 62.1 Å². The summed E-state index contributed by atoms with van der Waals surface area (Å²) in [4.78, 5) is 36.3. The number of hydrogen-bond donors (Lipinski definition) is 3. The molecule has 2 aromatic rings. The maximum absolute atomic E-state index is 12.9. The molecule has 1 aromatic carbocycles. The molecular formula is C22H26N4O5S2. The number of sulfonamides is 1. The van der Waals surface area contributed by atoms with Crippen LogP contribution in [0.3, 0.4) is 0 Å². The van der Waals surface area contributed by atoms with Gasteiger partial charge < -0.3 is 16.0 Å². The van der Waals surface area contributed by atoms with Crippen molar-refractivity contribution >= 4 is 49.8 Å². The lowest BCUT2D eigenvalue weighted by Gasteiger charge is -2.31. The van der Waals surface area contributed by atoms with Gasteiger partial charge in [-0.3, -0.25) is 14.4 Å². The van der Waals surface area contributed by atoms with E-state index < -0.39 is 10.0 Å². The molecule has 9 nitrogen and oxygen atoms in total. The summed E-state index contributed by atoms with van der Waals surface area (Å²) < 4.78 is 27.3. The predicted octanol–water partition coefficient (Wildman–Crippen LogP) is 2.64. The number of rotatable bonds is 7. The smallest absolute Gasteiger partial charge is 0.261 e. The van der Waals surface area contributed by atoms with E-state index >= 15 is 0 Å². The van der Waals surface area contributed by atoms with Gasteiger partial charge in [0.25, 0.3) is 5.91 Å². The van der Waals surface area contributed by atoms with Crippen molar-refractivity contribution in [1.82, 2.24) is 9.62 Å². The van der Waals surface area contributed by atoms with Crippen molar-refractivity contribution in [2.24, 2.45) is 5.92 Å². The molecule has 2 fully saturated rings. The van der Waals surface area contributed by atoms with Gasteiger partial charge in [-0.1, -0.05) is 0 Å². The van der Waals surface area contributed by atoms with Gasteiger partial charge in [0.2, 0.25) is 21.8 Å². The number of carbonyl (C=O) groups is 3. The van der Waals surface area contributed by atoms with Gasteiger partial charge in [-0.2, -0.15) is 4.31 Å². The molecule has 0 unspecified atom stereocenters. The maximum atomic E-state index is 12.9. The molecular weight excluding hydrogens is 464 g/mol. The fourth-order valence-electron chi connectivity index (χ4n) is 3.66. The number of thiophene rings is 1. The molecule has 1 aromatic heterocycles. The first kappa shape index (κ1) is 23.4. The molecule has 2 aliphatic rings. The highest BCUT2D eigenvalue weighted by Gasteiger charge is 2.31. The Balaban J connectivity index is 1.29. The normalized spacial score (nSPS) is 17.4. The summed E-state index contributed by atoms with van der Waals surface area (Å²) in [6.45, 7) is 1.99. The summed E-state index contributed by atoms with van der Waals surface area (Å²) in [6, 6.07) is 9.36. The molecule has 1 aliphatic heterocycles. The first-order valence-corrected chi connectivity index (χ1v) is 13.1. The monoisotopic (exact) mass is 490 g/mol. The molecule has 0 radical (unpaired) electrons. The summed E-state index contributed by atoms with van der Waals surface area (Å²) in [5, 5.41) is 9.08. The van der Waals surface area contributed by atoms with E-state index in [0.29, 0.717) is 41.5 Å². The zero-order chi connectivity index (χ0) is 23.6. The van der Waals surface area contributed by atoms with Crippen molar-refractivity contribution in [2.45, 2.75) is 43.5 Å². The number of hydrogen-bond acceptors (Lipinski definition) is 6. The van der Waals surface area contributed by atoms with Crippen LogP contribution in [0, 0.1) is 5.92 Å². The molecule has 1 saturated heterocycles. The molecule has 0 bridgehead atoms. The highest BCUT2D eigenvalue weighted by Crippen LogP contribution is 2.31. The number of benzene rings is 1. The second-order valence-corrected chi connectivity index (χ2v) is 11.3. The van der Waals surface area contributed by atoms with Gasteiger partial charge >= 0.3 is 0 Å². The van der Waals surface area contributed by atoms with Crippen LogP contribution in [0.15, 0.2) is 41.3 Å². The van der Waals surface area contributed by atoms with Crippen LogP contribution in [-0.2, 0) is 19.6 Å². The van der Waals surface area contributed by atoms with E-state index in [0.717, 1.165) is 12.8 Å². The molecule has 176 valence electrons. The van der Waals surface area contributed by atoms with Crippen molar-refractivity contribution < 1.29 is 22.8 Å². The lowest BCUT2D eigenvalue weighted by atomic mass is 10.1. The average Bonchev–Trinajstić information content (AvgIpc) is 3.53. The van der Waals surface area contributed by atoms with Crippen LogP contribution < -0.4 is 16.0 Å². The zero-order valence-electron chi connectivity index (χ0n) is 18.2. The van der Waals surface area contributed by atoms with E-state index in [1.165, 1.54) is 34.7 Å². The molecule has 3 amide bonds. The van der Waals surface area contributed by atoms with Gasteiger partial charge in [0.1, 0.15) is 0 Å². The third kappa shape index (κ3) is 5.79. The van der Waals surface area contributed by atoms with E-state index in [9.17, 15) is 22.8 Å². The third-order valence-corrected chi connectivity index (χ3v) is 8.54. The number of piperidine rings is 1. The summed E-state index contributed by atoms with van der Waals surface area (Å²) in [5.41, 5.74) is 0.534. The second-order valence-electron chi connectivity index (χ2n) is 8.28. The quantitative estimate of drug-likeness (QED) is 0.550. The lowest BCUT2D eigenvalue weighted by Crippen LogP contribution is -2.46. The highest BCUT2D eigenvalue weighted by molar-refractivity contribution is 7.89. The Morgan fingerprint density at radius 3 is 2.21 bits per heavy atom. The Labute approximate surface area is 196 Å². The number of amides is 3. The van der Waals surface area contributed by atoms with Crippen molar-refractivity contribution in [2.75, 3.05) is 23.7 Å². The minimum atomic E-state index is -3.65. The molecule has 1 saturated carbocycles. The minimum absolute atomic E-state index is 0.00199. The van der Waals surface area contributed by atoms with Gasteiger partial charge in [0.05, 0.1) is 14.8 Å². The zero-order valence-corrected chi connectivity index (χ0v) is 19.8. The molecule has 33 heavy (non-hydrogen) atoms. The van der Waals surface area contributed by atoms with Gasteiger partial charge in [-0.25, -0.2) is 8.42 Å². The Bertz CT molecular complexity index is 1150. The topological polar surface area (TPSA) is 125 Å². The van der Waals surface area contributed by atoms with Gasteiger partial charge in [-0.15, -0.1) is 11.3 Å². The van der Waals surface area contributed by atoms with Crippen LogP contribution in [0.4, 0.5) is 10.7 Å². The average molecular weight is 491 g/mol.